The Morgan fingerprint density at radius 2 is 2.06 bits per heavy atom. The Bertz CT molecular complexity index is 339. The molecule has 0 fully saturated rings. The molecule has 0 saturated heterocycles. The van der Waals surface area contributed by atoms with Gasteiger partial charge in [-0.2, -0.15) is 0 Å². The van der Waals surface area contributed by atoms with Crippen LogP contribution in [0.15, 0.2) is 24.3 Å². The monoisotopic (exact) mass is 254 g/mol. The molecule has 2 N–H and O–H groups in total. The molecule has 0 radical (unpaired) electrons. The zero-order valence-electron chi connectivity index (χ0n) is 11.0. The summed E-state index contributed by atoms with van der Waals surface area (Å²) in [5, 5.41) is 0.801. The first-order valence-corrected chi connectivity index (χ1v) is 6.53. The van der Waals surface area contributed by atoms with Crippen molar-refractivity contribution in [2.75, 3.05) is 20.1 Å². The van der Waals surface area contributed by atoms with E-state index in [1.54, 1.807) is 0 Å². The Kier molecular flexibility index (Phi) is 5.96. The topological polar surface area (TPSA) is 29.3 Å². The van der Waals surface area contributed by atoms with Crippen molar-refractivity contribution in [3.63, 3.8) is 0 Å². The predicted octanol–water partition coefficient (Wildman–Crippen LogP) is 3.00. The van der Waals surface area contributed by atoms with Crippen molar-refractivity contribution in [2.45, 2.75) is 20.4 Å². The van der Waals surface area contributed by atoms with Crippen LogP contribution < -0.4 is 5.73 Å². The molecule has 1 unspecified atom stereocenters. The highest BCUT2D eigenvalue weighted by Crippen LogP contribution is 2.15. The van der Waals surface area contributed by atoms with Crippen LogP contribution in [-0.2, 0) is 6.54 Å². The van der Waals surface area contributed by atoms with Crippen LogP contribution in [0.2, 0.25) is 5.02 Å². The maximum Gasteiger partial charge on any atom is 0.0409 e. The van der Waals surface area contributed by atoms with Crippen LogP contribution >= 0.6 is 11.6 Å². The number of halogens is 1. The summed E-state index contributed by atoms with van der Waals surface area (Å²) >= 11 is 5.97. The van der Waals surface area contributed by atoms with Crippen molar-refractivity contribution < 1.29 is 0 Å². The van der Waals surface area contributed by atoms with Gasteiger partial charge in [0.15, 0.2) is 0 Å². The zero-order chi connectivity index (χ0) is 12.8. The normalized spacial score (nSPS) is 13.4. The minimum absolute atomic E-state index is 0.555. The molecule has 0 amide bonds. The molecule has 0 heterocycles. The first kappa shape index (κ1) is 14.5. The summed E-state index contributed by atoms with van der Waals surface area (Å²) < 4.78 is 0. The number of rotatable bonds is 6. The second kappa shape index (κ2) is 7.00. The number of nitrogens with two attached hydrogens (primary N) is 1. The third-order valence-electron chi connectivity index (χ3n) is 3.13. The number of nitrogens with zero attached hydrogens (tertiary/aromatic N) is 1. The molecule has 0 aromatic heterocycles. The molecular formula is C14H23ClN2. The summed E-state index contributed by atoms with van der Waals surface area (Å²) in [5.41, 5.74) is 7.04. The summed E-state index contributed by atoms with van der Waals surface area (Å²) in [7, 11) is 2.13. The lowest BCUT2D eigenvalue weighted by Crippen LogP contribution is -2.32. The average molecular weight is 255 g/mol. The van der Waals surface area contributed by atoms with Gasteiger partial charge in [0.2, 0.25) is 0 Å². The van der Waals surface area contributed by atoms with Crippen molar-refractivity contribution in [2.24, 2.45) is 17.6 Å². The van der Waals surface area contributed by atoms with Gasteiger partial charge in [-0.1, -0.05) is 37.6 Å². The maximum absolute atomic E-state index is 5.97. The van der Waals surface area contributed by atoms with Gasteiger partial charge < -0.3 is 10.6 Å². The standard InChI is InChI=1S/C14H23ClN2/c1-11(2)13(8-16)10-17(3)9-12-5-4-6-14(15)7-12/h4-7,11,13H,8-10,16H2,1-3H3. The maximum atomic E-state index is 5.97. The fourth-order valence-corrected chi connectivity index (χ4v) is 2.18. The zero-order valence-corrected chi connectivity index (χ0v) is 11.7. The van der Waals surface area contributed by atoms with Crippen molar-refractivity contribution in [3.05, 3.63) is 34.9 Å². The summed E-state index contributed by atoms with van der Waals surface area (Å²) in [6.07, 6.45) is 0. The van der Waals surface area contributed by atoms with E-state index in [2.05, 4.69) is 31.9 Å². The van der Waals surface area contributed by atoms with Gasteiger partial charge in [-0.05, 0) is 43.1 Å². The first-order chi connectivity index (χ1) is 8.02. The van der Waals surface area contributed by atoms with Gasteiger partial charge in [0.25, 0.3) is 0 Å². The van der Waals surface area contributed by atoms with E-state index in [4.69, 9.17) is 17.3 Å². The molecule has 2 nitrogen and oxygen atoms in total. The summed E-state index contributed by atoms with van der Waals surface area (Å²) in [5.74, 6) is 1.18. The number of hydrogen-bond acceptors (Lipinski definition) is 2. The fraction of sp³-hybridized carbons (Fsp3) is 0.571. The molecule has 1 atom stereocenters. The van der Waals surface area contributed by atoms with Crippen LogP contribution in [0.4, 0.5) is 0 Å². The highest BCUT2D eigenvalue weighted by atomic mass is 35.5. The smallest absolute Gasteiger partial charge is 0.0409 e. The molecule has 0 aliphatic heterocycles. The van der Waals surface area contributed by atoms with Gasteiger partial charge in [-0.15, -0.1) is 0 Å². The molecule has 17 heavy (non-hydrogen) atoms. The predicted molar refractivity (Wildman–Crippen MR) is 75.2 cm³/mol. The van der Waals surface area contributed by atoms with Crippen molar-refractivity contribution in [1.82, 2.24) is 4.90 Å². The largest absolute Gasteiger partial charge is 0.330 e. The van der Waals surface area contributed by atoms with Gasteiger partial charge in [0.05, 0.1) is 0 Å². The van der Waals surface area contributed by atoms with E-state index in [0.717, 1.165) is 24.7 Å². The van der Waals surface area contributed by atoms with E-state index in [-0.39, 0.29) is 0 Å². The van der Waals surface area contributed by atoms with E-state index < -0.39 is 0 Å². The van der Waals surface area contributed by atoms with E-state index in [1.807, 2.05) is 18.2 Å². The van der Waals surface area contributed by atoms with Crippen LogP contribution in [0.25, 0.3) is 0 Å². The molecule has 96 valence electrons. The molecule has 0 bridgehead atoms. The molecule has 3 heteroatoms. The molecule has 1 rings (SSSR count). The van der Waals surface area contributed by atoms with Gasteiger partial charge in [0, 0.05) is 18.1 Å². The second-order valence-electron chi connectivity index (χ2n) is 5.07. The Hall–Kier alpha value is -0.570. The van der Waals surface area contributed by atoms with Gasteiger partial charge in [-0.25, -0.2) is 0 Å². The molecule has 1 aromatic carbocycles. The average Bonchev–Trinajstić information content (AvgIpc) is 2.25. The second-order valence-corrected chi connectivity index (χ2v) is 5.50. The van der Waals surface area contributed by atoms with E-state index in [0.29, 0.717) is 11.8 Å². The molecule has 0 spiro atoms. The molecular weight excluding hydrogens is 232 g/mol. The van der Waals surface area contributed by atoms with Crippen LogP contribution in [0.1, 0.15) is 19.4 Å². The first-order valence-electron chi connectivity index (χ1n) is 6.16. The Morgan fingerprint density at radius 1 is 1.35 bits per heavy atom. The van der Waals surface area contributed by atoms with Crippen molar-refractivity contribution >= 4 is 11.6 Å². The van der Waals surface area contributed by atoms with Gasteiger partial charge in [-0.3, -0.25) is 0 Å². The van der Waals surface area contributed by atoms with E-state index in [9.17, 15) is 0 Å². The van der Waals surface area contributed by atoms with Crippen molar-refractivity contribution in [3.8, 4) is 0 Å². The number of benzene rings is 1. The summed E-state index contributed by atoms with van der Waals surface area (Å²) in [4.78, 5) is 2.31. The fourth-order valence-electron chi connectivity index (χ4n) is 1.97. The van der Waals surface area contributed by atoms with Gasteiger partial charge >= 0.3 is 0 Å². The summed E-state index contributed by atoms with van der Waals surface area (Å²) in [6.45, 7) is 7.15. The van der Waals surface area contributed by atoms with Crippen LogP contribution in [-0.4, -0.2) is 25.0 Å². The minimum Gasteiger partial charge on any atom is -0.330 e. The third-order valence-corrected chi connectivity index (χ3v) is 3.37. The van der Waals surface area contributed by atoms with Gasteiger partial charge in [0.1, 0.15) is 0 Å². The lowest BCUT2D eigenvalue weighted by atomic mass is 9.95. The van der Waals surface area contributed by atoms with Crippen LogP contribution in [0, 0.1) is 11.8 Å². The summed E-state index contributed by atoms with van der Waals surface area (Å²) in [6, 6.07) is 8.02. The lowest BCUT2D eigenvalue weighted by Gasteiger charge is -2.25. The molecule has 0 aliphatic rings. The molecule has 1 aromatic rings. The Labute approximate surface area is 110 Å². The SMILES string of the molecule is CC(C)C(CN)CN(C)Cc1cccc(Cl)c1. The molecule has 0 aliphatic carbocycles. The lowest BCUT2D eigenvalue weighted by molar-refractivity contribution is 0.234. The highest BCUT2D eigenvalue weighted by Gasteiger charge is 2.14. The van der Waals surface area contributed by atoms with E-state index >= 15 is 0 Å². The molecule has 0 saturated carbocycles. The van der Waals surface area contributed by atoms with Crippen LogP contribution in [0.5, 0.6) is 0 Å². The van der Waals surface area contributed by atoms with E-state index in [1.165, 1.54) is 5.56 Å². The highest BCUT2D eigenvalue weighted by molar-refractivity contribution is 6.30. The number of hydrogen-bond donors (Lipinski definition) is 1. The van der Waals surface area contributed by atoms with Crippen LogP contribution in [0.3, 0.4) is 0 Å². The minimum atomic E-state index is 0.555. The Balaban J connectivity index is 2.51. The Morgan fingerprint density at radius 3 is 2.59 bits per heavy atom. The van der Waals surface area contributed by atoms with Crippen molar-refractivity contribution in [1.29, 1.82) is 0 Å². The quantitative estimate of drug-likeness (QED) is 0.846. The third kappa shape index (κ3) is 5.07.